The van der Waals surface area contributed by atoms with Crippen LogP contribution in [0.5, 0.6) is 0 Å². The van der Waals surface area contributed by atoms with Crippen LogP contribution in [0.4, 0.5) is 5.69 Å². The zero-order valence-corrected chi connectivity index (χ0v) is 12.9. The minimum absolute atomic E-state index is 0.165. The molecule has 1 atom stereocenters. The minimum Gasteiger partial charge on any atom is -0.398 e. The largest absolute Gasteiger partial charge is 0.398 e. The standard InChI is InChI=1S/C15H23N3OS/c1-11-13(16)9-14(20-11)15(19)18-8-4-5-12(10-18)17-6-2-3-7-17/h9,12H,2-8,10,16H2,1H3. The van der Waals surface area contributed by atoms with Gasteiger partial charge < -0.3 is 10.6 Å². The zero-order chi connectivity index (χ0) is 14.1. The highest BCUT2D eigenvalue weighted by Gasteiger charge is 2.30. The number of rotatable bonds is 2. The Bertz CT molecular complexity index is 474. The molecular formula is C15H23N3OS. The maximum absolute atomic E-state index is 12.6. The summed E-state index contributed by atoms with van der Waals surface area (Å²) in [7, 11) is 0. The number of aryl methyl sites for hydroxylation is 1. The molecule has 0 radical (unpaired) electrons. The quantitative estimate of drug-likeness (QED) is 0.910. The van der Waals surface area contributed by atoms with Crippen molar-refractivity contribution in [1.29, 1.82) is 0 Å². The molecule has 2 aliphatic rings. The van der Waals surface area contributed by atoms with Crippen molar-refractivity contribution in [3.8, 4) is 0 Å². The van der Waals surface area contributed by atoms with Crippen molar-refractivity contribution in [3.63, 3.8) is 0 Å². The second kappa shape index (κ2) is 5.74. The van der Waals surface area contributed by atoms with Crippen LogP contribution >= 0.6 is 11.3 Å². The molecule has 20 heavy (non-hydrogen) atoms. The number of nitrogens with zero attached hydrogens (tertiary/aromatic N) is 2. The first-order valence-electron chi connectivity index (χ1n) is 7.54. The zero-order valence-electron chi connectivity index (χ0n) is 12.1. The van der Waals surface area contributed by atoms with Crippen LogP contribution in [0.25, 0.3) is 0 Å². The van der Waals surface area contributed by atoms with Crippen LogP contribution in [-0.4, -0.2) is 47.9 Å². The Kier molecular flexibility index (Phi) is 3.98. The topological polar surface area (TPSA) is 49.6 Å². The van der Waals surface area contributed by atoms with Gasteiger partial charge in [0, 0.05) is 29.7 Å². The van der Waals surface area contributed by atoms with Gasteiger partial charge in [0.25, 0.3) is 5.91 Å². The van der Waals surface area contributed by atoms with E-state index in [0.29, 0.717) is 6.04 Å². The molecule has 0 bridgehead atoms. The highest BCUT2D eigenvalue weighted by atomic mass is 32.1. The van der Waals surface area contributed by atoms with Crippen LogP contribution in [0.3, 0.4) is 0 Å². The van der Waals surface area contributed by atoms with Crippen molar-refractivity contribution in [2.24, 2.45) is 0 Å². The average molecular weight is 293 g/mol. The second-order valence-corrected chi connectivity index (χ2v) is 7.17. The van der Waals surface area contributed by atoms with E-state index in [9.17, 15) is 4.79 Å². The van der Waals surface area contributed by atoms with Crippen LogP contribution in [0.15, 0.2) is 6.07 Å². The van der Waals surface area contributed by atoms with Gasteiger partial charge in [-0.25, -0.2) is 0 Å². The number of nitrogens with two attached hydrogens (primary N) is 1. The summed E-state index contributed by atoms with van der Waals surface area (Å²) in [6.07, 6.45) is 4.97. The number of hydrogen-bond donors (Lipinski definition) is 1. The summed E-state index contributed by atoms with van der Waals surface area (Å²) in [6, 6.07) is 2.40. The van der Waals surface area contributed by atoms with Crippen LogP contribution in [0, 0.1) is 6.92 Å². The summed E-state index contributed by atoms with van der Waals surface area (Å²) in [5.41, 5.74) is 6.61. The molecule has 0 saturated carbocycles. The van der Waals surface area contributed by atoms with Crippen molar-refractivity contribution in [2.75, 3.05) is 31.9 Å². The van der Waals surface area contributed by atoms with Gasteiger partial charge in [-0.1, -0.05) is 0 Å². The van der Waals surface area contributed by atoms with Gasteiger partial charge >= 0.3 is 0 Å². The molecule has 1 unspecified atom stereocenters. The average Bonchev–Trinajstić information content (AvgIpc) is 3.09. The molecule has 0 aliphatic carbocycles. The number of carbonyl (C=O) groups is 1. The van der Waals surface area contributed by atoms with Gasteiger partial charge in [-0.15, -0.1) is 11.3 Å². The number of anilines is 1. The van der Waals surface area contributed by atoms with Gasteiger partial charge in [0.05, 0.1) is 4.88 Å². The molecule has 4 nitrogen and oxygen atoms in total. The first kappa shape index (κ1) is 13.9. The third-order valence-electron chi connectivity index (χ3n) is 4.51. The summed E-state index contributed by atoms with van der Waals surface area (Å²) >= 11 is 1.52. The molecule has 2 N–H and O–H groups in total. The molecule has 0 spiro atoms. The Morgan fingerprint density at radius 1 is 1.30 bits per heavy atom. The van der Waals surface area contributed by atoms with E-state index in [-0.39, 0.29) is 5.91 Å². The van der Waals surface area contributed by atoms with Crippen molar-refractivity contribution in [2.45, 2.75) is 38.6 Å². The molecule has 1 aromatic rings. The van der Waals surface area contributed by atoms with Gasteiger partial charge in [0.1, 0.15) is 0 Å². The van der Waals surface area contributed by atoms with E-state index in [1.165, 1.54) is 43.7 Å². The predicted octanol–water partition coefficient (Wildman–Crippen LogP) is 2.34. The maximum Gasteiger partial charge on any atom is 0.264 e. The van der Waals surface area contributed by atoms with E-state index in [4.69, 9.17) is 5.73 Å². The van der Waals surface area contributed by atoms with Gasteiger partial charge in [-0.3, -0.25) is 9.69 Å². The number of piperidine rings is 1. The molecule has 5 heteroatoms. The Labute approximate surface area is 124 Å². The van der Waals surface area contributed by atoms with Gasteiger partial charge in [-0.2, -0.15) is 0 Å². The molecule has 110 valence electrons. The molecule has 2 aliphatic heterocycles. The second-order valence-electron chi connectivity index (χ2n) is 5.91. The molecular weight excluding hydrogens is 270 g/mol. The van der Waals surface area contributed by atoms with Crippen molar-refractivity contribution in [3.05, 3.63) is 15.8 Å². The number of amides is 1. The molecule has 1 amide bonds. The lowest BCUT2D eigenvalue weighted by molar-refractivity contribution is 0.0612. The van der Waals surface area contributed by atoms with Gasteiger partial charge in [-0.05, 0) is 51.8 Å². The number of nitrogen functional groups attached to an aromatic ring is 1. The van der Waals surface area contributed by atoms with Crippen LogP contribution in [0.2, 0.25) is 0 Å². The van der Waals surface area contributed by atoms with E-state index in [1.54, 1.807) is 0 Å². The third kappa shape index (κ3) is 2.69. The SMILES string of the molecule is Cc1sc(C(=O)N2CCCC(N3CCCC3)C2)cc1N. The third-order valence-corrected chi connectivity index (χ3v) is 5.56. The molecule has 2 saturated heterocycles. The van der Waals surface area contributed by atoms with Crippen LogP contribution in [0.1, 0.15) is 40.2 Å². The maximum atomic E-state index is 12.6. The van der Waals surface area contributed by atoms with E-state index < -0.39 is 0 Å². The van der Waals surface area contributed by atoms with E-state index in [0.717, 1.165) is 35.0 Å². The fourth-order valence-corrected chi connectivity index (χ4v) is 4.21. The fourth-order valence-electron chi connectivity index (χ4n) is 3.30. The lowest BCUT2D eigenvalue weighted by Gasteiger charge is -2.37. The van der Waals surface area contributed by atoms with Crippen molar-refractivity contribution in [1.82, 2.24) is 9.80 Å². The first-order valence-corrected chi connectivity index (χ1v) is 8.36. The molecule has 3 rings (SSSR count). The number of carbonyl (C=O) groups excluding carboxylic acids is 1. The van der Waals surface area contributed by atoms with E-state index >= 15 is 0 Å². The number of hydrogen-bond acceptors (Lipinski definition) is 4. The van der Waals surface area contributed by atoms with Crippen molar-refractivity contribution < 1.29 is 4.79 Å². The molecule has 3 heterocycles. The lowest BCUT2D eigenvalue weighted by Crippen LogP contribution is -2.48. The number of thiophene rings is 1. The highest BCUT2D eigenvalue weighted by molar-refractivity contribution is 7.14. The fraction of sp³-hybridized carbons (Fsp3) is 0.667. The predicted molar refractivity (Wildman–Crippen MR) is 83.2 cm³/mol. The molecule has 0 aromatic carbocycles. The summed E-state index contributed by atoms with van der Waals surface area (Å²) in [5.74, 6) is 0.165. The molecule has 2 fully saturated rings. The van der Waals surface area contributed by atoms with Crippen molar-refractivity contribution >= 4 is 22.9 Å². The Hall–Kier alpha value is -1.07. The normalized spacial score (nSPS) is 24.2. The van der Waals surface area contributed by atoms with Crippen LogP contribution < -0.4 is 5.73 Å². The van der Waals surface area contributed by atoms with Gasteiger partial charge in [0.15, 0.2) is 0 Å². The van der Waals surface area contributed by atoms with E-state index in [2.05, 4.69) is 4.90 Å². The van der Waals surface area contributed by atoms with Gasteiger partial charge in [0.2, 0.25) is 0 Å². The molecule has 1 aromatic heterocycles. The highest BCUT2D eigenvalue weighted by Crippen LogP contribution is 2.27. The Morgan fingerprint density at radius 3 is 2.70 bits per heavy atom. The van der Waals surface area contributed by atoms with E-state index in [1.807, 2.05) is 17.9 Å². The Balaban J connectivity index is 1.68. The summed E-state index contributed by atoms with van der Waals surface area (Å²) in [4.78, 5) is 19.0. The lowest BCUT2D eigenvalue weighted by atomic mass is 10.0. The smallest absolute Gasteiger partial charge is 0.264 e. The monoisotopic (exact) mass is 293 g/mol. The summed E-state index contributed by atoms with van der Waals surface area (Å²) < 4.78 is 0. The summed E-state index contributed by atoms with van der Waals surface area (Å²) in [6.45, 7) is 6.16. The first-order chi connectivity index (χ1) is 9.65. The summed E-state index contributed by atoms with van der Waals surface area (Å²) in [5, 5.41) is 0. The Morgan fingerprint density at radius 2 is 2.05 bits per heavy atom. The van der Waals surface area contributed by atoms with Crippen LogP contribution in [-0.2, 0) is 0 Å². The minimum atomic E-state index is 0.165. The number of likely N-dealkylation sites (tertiary alicyclic amines) is 2.